The highest BCUT2D eigenvalue weighted by Crippen LogP contribution is 2.35. The van der Waals surface area contributed by atoms with Crippen molar-refractivity contribution in [3.63, 3.8) is 0 Å². The van der Waals surface area contributed by atoms with Crippen molar-refractivity contribution < 1.29 is 14.9 Å². The molecule has 0 spiro atoms. The summed E-state index contributed by atoms with van der Waals surface area (Å²) < 4.78 is 5.17. The van der Waals surface area contributed by atoms with Gasteiger partial charge in [-0.3, -0.25) is 0 Å². The van der Waals surface area contributed by atoms with Crippen LogP contribution in [0.4, 0.5) is 0 Å². The average Bonchev–Trinajstić information content (AvgIpc) is 2.23. The highest BCUT2D eigenvalue weighted by Gasteiger charge is 2.18. The molecule has 0 bridgehead atoms. The minimum absolute atomic E-state index is 0.134. The van der Waals surface area contributed by atoms with Gasteiger partial charge in [-0.25, -0.2) is 0 Å². The molecule has 0 aliphatic heterocycles. The summed E-state index contributed by atoms with van der Waals surface area (Å²) in [6.45, 7) is 3.37. The smallest absolute Gasteiger partial charge is 0.123 e. The van der Waals surface area contributed by atoms with Crippen molar-refractivity contribution in [2.45, 2.75) is 19.9 Å². The Balaban J connectivity index is 3.40. The van der Waals surface area contributed by atoms with Gasteiger partial charge in [-0.2, -0.15) is 0 Å². The molecule has 0 saturated heterocycles. The van der Waals surface area contributed by atoms with Crippen molar-refractivity contribution >= 4 is 0 Å². The van der Waals surface area contributed by atoms with E-state index in [1.165, 1.54) is 0 Å². The Morgan fingerprint density at radius 2 is 2.07 bits per heavy atom. The molecule has 0 aliphatic rings. The van der Waals surface area contributed by atoms with E-state index in [2.05, 4.69) is 0 Å². The Morgan fingerprint density at radius 3 is 2.53 bits per heavy atom. The number of benzene rings is 1. The largest absolute Gasteiger partial charge is 0.507 e. The number of ether oxygens (including phenoxy) is 1. The molecule has 0 unspecified atom stereocenters. The summed E-state index contributed by atoms with van der Waals surface area (Å²) in [4.78, 5) is 0. The second-order valence-electron chi connectivity index (χ2n) is 3.57. The third-order valence-electron chi connectivity index (χ3n) is 2.54. The maximum atomic E-state index is 9.85. The van der Waals surface area contributed by atoms with E-state index < -0.39 is 6.04 Å². The SMILES string of the molecule is COc1cc(C)c(O)c([C@@H](N)CO)c1C. The van der Waals surface area contributed by atoms with Crippen LogP contribution in [0.25, 0.3) is 0 Å². The minimum atomic E-state index is -0.584. The first-order valence-corrected chi connectivity index (χ1v) is 4.76. The topological polar surface area (TPSA) is 75.7 Å². The van der Waals surface area contributed by atoms with Crippen LogP contribution >= 0.6 is 0 Å². The normalized spacial score (nSPS) is 12.6. The molecule has 84 valence electrons. The van der Waals surface area contributed by atoms with E-state index in [1.807, 2.05) is 6.92 Å². The van der Waals surface area contributed by atoms with Gasteiger partial charge in [0.05, 0.1) is 19.8 Å². The maximum absolute atomic E-state index is 9.85. The van der Waals surface area contributed by atoms with E-state index in [1.54, 1.807) is 20.1 Å². The molecule has 1 aromatic rings. The number of aliphatic hydroxyl groups excluding tert-OH is 1. The molecule has 15 heavy (non-hydrogen) atoms. The van der Waals surface area contributed by atoms with Gasteiger partial charge in [0.15, 0.2) is 0 Å². The van der Waals surface area contributed by atoms with Crippen LogP contribution in [0, 0.1) is 13.8 Å². The minimum Gasteiger partial charge on any atom is -0.507 e. The van der Waals surface area contributed by atoms with E-state index in [0.29, 0.717) is 16.9 Å². The quantitative estimate of drug-likeness (QED) is 0.697. The zero-order valence-electron chi connectivity index (χ0n) is 9.24. The molecule has 0 saturated carbocycles. The van der Waals surface area contributed by atoms with Gasteiger partial charge in [-0.15, -0.1) is 0 Å². The first-order chi connectivity index (χ1) is 7.02. The van der Waals surface area contributed by atoms with Crippen LogP contribution in [0.1, 0.15) is 22.7 Å². The fourth-order valence-electron chi connectivity index (χ4n) is 1.65. The van der Waals surface area contributed by atoms with Crippen LogP contribution in [0.5, 0.6) is 11.5 Å². The molecular weight excluding hydrogens is 194 g/mol. The summed E-state index contributed by atoms with van der Waals surface area (Å²) in [6.07, 6.45) is 0. The number of phenols is 1. The molecule has 0 aromatic heterocycles. The van der Waals surface area contributed by atoms with Crippen LogP contribution < -0.4 is 10.5 Å². The van der Waals surface area contributed by atoms with Crippen molar-refractivity contribution in [1.29, 1.82) is 0 Å². The van der Waals surface area contributed by atoms with E-state index in [9.17, 15) is 5.11 Å². The third-order valence-corrected chi connectivity index (χ3v) is 2.54. The Labute approximate surface area is 89.3 Å². The Morgan fingerprint density at radius 1 is 1.47 bits per heavy atom. The monoisotopic (exact) mass is 211 g/mol. The molecular formula is C11H17NO3. The predicted molar refractivity (Wildman–Crippen MR) is 58.1 cm³/mol. The number of nitrogens with two attached hydrogens (primary N) is 1. The van der Waals surface area contributed by atoms with Crippen molar-refractivity contribution in [2.75, 3.05) is 13.7 Å². The number of hydrogen-bond donors (Lipinski definition) is 3. The number of phenolic OH excluding ortho intramolecular Hbond substituents is 1. The zero-order valence-corrected chi connectivity index (χ0v) is 9.24. The van der Waals surface area contributed by atoms with Gasteiger partial charge in [0, 0.05) is 5.56 Å². The lowest BCUT2D eigenvalue weighted by Gasteiger charge is -2.18. The fourth-order valence-corrected chi connectivity index (χ4v) is 1.65. The molecule has 4 heteroatoms. The molecule has 0 amide bonds. The Bertz CT molecular complexity index is 363. The summed E-state index contributed by atoms with van der Waals surface area (Å²) in [5.41, 5.74) is 7.73. The molecule has 0 fully saturated rings. The fraction of sp³-hybridized carbons (Fsp3) is 0.455. The Kier molecular flexibility index (Phi) is 3.55. The number of aromatic hydroxyl groups is 1. The van der Waals surface area contributed by atoms with Crippen LogP contribution in [0.2, 0.25) is 0 Å². The number of hydrogen-bond acceptors (Lipinski definition) is 4. The number of methoxy groups -OCH3 is 1. The summed E-state index contributed by atoms with van der Waals surface area (Å²) in [5.74, 6) is 0.805. The predicted octanol–water partition coefficient (Wildman–Crippen LogP) is 1.01. The van der Waals surface area contributed by atoms with E-state index in [4.69, 9.17) is 15.6 Å². The van der Waals surface area contributed by atoms with Gasteiger partial charge in [0.2, 0.25) is 0 Å². The highest BCUT2D eigenvalue weighted by atomic mass is 16.5. The van der Waals surface area contributed by atoms with Crippen LogP contribution in [-0.4, -0.2) is 23.9 Å². The van der Waals surface area contributed by atoms with Crippen molar-refractivity contribution in [2.24, 2.45) is 5.73 Å². The molecule has 1 rings (SSSR count). The van der Waals surface area contributed by atoms with Gasteiger partial charge in [-0.1, -0.05) is 0 Å². The summed E-state index contributed by atoms with van der Waals surface area (Å²) >= 11 is 0. The Hall–Kier alpha value is -1.26. The van der Waals surface area contributed by atoms with Gasteiger partial charge < -0.3 is 20.7 Å². The molecule has 1 atom stereocenters. The molecule has 4 nitrogen and oxygen atoms in total. The second kappa shape index (κ2) is 4.51. The summed E-state index contributed by atoms with van der Waals surface area (Å²) in [6, 6.07) is 1.16. The molecule has 1 aromatic carbocycles. The van der Waals surface area contributed by atoms with E-state index in [-0.39, 0.29) is 12.4 Å². The lowest BCUT2D eigenvalue weighted by Crippen LogP contribution is -2.16. The first-order valence-electron chi connectivity index (χ1n) is 4.76. The lowest BCUT2D eigenvalue weighted by molar-refractivity contribution is 0.264. The zero-order chi connectivity index (χ0) is 11.6. The van der Waals surface area contributed by atoms with Crippen molar-refractivity contribution in [3.05, 3.63) is 22.8 Å². The van der Waals surface area contributed by atoms with Gasteiger partial charge >= 0.3 is 0 Å². The number of aryl methyl sites for hydroxylation is 1. The maximum Gasteiger partial charge on any atom is 0.123 e. The van der Waals surface area contributed by atoms with Gasteiger partial charge in [-0.05, 0) is 31.0 Å². The van der Waals surface area contributed by atoms with Gasteiger partial charge in [0.1, 0.15) is 11.5 Å². The number of rotatable bonds is 3. The molecule has 4 N–H and O–H groups in total. The van der Waals surface area contributed by atoms with Crippen LogP contribution in [0.3, 0.4) is 0 Å². The van der Waals surface area contributed by atoms with Crippen molar-refractivity contribution in [3.8, 4) is 11.5 Å². The number of aliphatic hydroxyl groups is 1. The van der Waals surface area contributed by atoms with E-state index in [0.717, 1.165) is 5.56 Å². The van der Waals surface area contributed by atoms with Crippen LogP contribution in [0.15, 0.2) is 6.07 Å². The van der Waals surface area contributed by atoms with Gasteiger partial charge in [0.25, 0.3) is 0 Å². The third kappa shape index (κ3) is 2.06. The molecule has 0 heterocycles. The first kappa shape index (κ1) is 11.8. The summed E-state index contributed by atoms with van der Waals surface area (Å²) in [7, 11) is 1.56. The molecule has 0 radical (unpaired) electrons. The standard InChI is InChI=1S/C11H17NO3/c1-6-4-9(15-3)7(2)10(11(6)14)8(12)5-13/h4,8,13-14H,5,12H2,1-3H3/t8-/m0/s1. The highest BCUT2D eigenvalue weighted by molar-refractivity contribution is 5.53. The van der Waals surface area contributed by atoms with Crippen molar-refractivity contribution in [1.82, 2.24) is 0 Å². The van der Waals surface area contributed by atoms with Crippen LogP contribution in [-0.2, 0) is 0 Å². The second-order valence-corrected chi connectivity index (χ2v) is 3.57. The molecule has 0 aliphatic carbocycles. The lowest BCUT2D eigenvalue weighted by atomic mass is 9.97. The van der Waals surface area contributed by atoms with E-state index >= 15 is 0 Å². The summed E-state index contributed by atoms with van der Waals surface area (Å²) in [5, 5.41) is 18.9. The average molecular weight is 211 g/mol.